The van der Waals surface area contributed by atoms with Crippen molar-refractivity contribution in [2.24, 2.45) is 0 Å². The molecule has 2 aliphatic carbocycles. The van der Waals surface area contributed by atoms with Crippen LogP contribution in [0.2, 0.25) is 0 Å². The molecule has 0 fully saturated rings. The van der Waals surface area contributed by atoms with E-state index in [0.717, 1.165) is 0 Å². The first-order valence-corrected chi connectivity index (χ1v) is 7.96. The Morgan fingerprint density at radius 2 is 0.960 bits per heavy atom. The van der Waals surface area contributed by atoms with Crippen LogP contribution in [-0.4, -0.2) is 0 Å². The number of hydrogen-bond donors (Lipinski definition) is 0. The molecule has 0 bridgehead atoms. The first-order chi connectivity index (χ1) is 10.6. The smallest absolute Gasteiger partial charge is 1.00 e. The molecule has 4 rings (SSSR count). The molecule has 2 aliphatic rings. The first-order valence-electron chi connectivity index (χ1n) is 7.96. The summed E-state index contributed by atoms with van der Waals surface area (Å²) in [5, 5.41) is 0. The van der Waals surface area contributed by atoms with Gasteiger partial charge in [0.25, 0.3) is 0 Å². The van der Waals surface area contributed by atoms with Gasteiger partial charge in [-0.3, -0.25) is 12.2 Å². The third kappa shape index (κ3) is 5.11. The van der Waals surface area contributed by atoms with Crippen LogP contribution in [0.1, 0.15) is 61.8 Å². The summed E-state index contributed by atoms with van der Waals surface area (Å²) < 4.78 is 0. The summed E-state index contributed by atoms with van der Waals surface area (Å²) in [5.41, 5.74) is 8.19. The second-order valence-electron chi connectivity index (χ2n) is 6.16. The quantitative estimate of drug-likeness (QED) is 0.429. The number of hydrogen-bond acceptors (Lipinski definition) is 0. The fourth-order valence-electron chi connectivity index (χ4n) is 3.39. The summed E-state index contributed by atoms with van der Waals surface area (Å²) in [7, 11) is 0. The van der Waals surface area contributed by atoms with Gasteiger partial charge in [-0.25, -0.2) is 11.1 Å². The molecular formula is C22H22Cl2Ti. The summed E-state index contributed by atoms with van der Waals surface area (Å²) in [5.74, 6) is 0.984. The fourth-order valence-corrected chi connectivity index (χ4v) is 3.39. The molecular weight excluding hydrogens is 383 g/mol. The molecule has 2 aromatic rings. The van der Waals surface area contributed by atoms with Crippen molar-refractivity contribution >= 4 is 11.1 Å². The maximum Gasteiger partial charge on any atom is 4.00 e. The maximum absolute atomic E-state index is 3.40. The van der Waals surface area contributed by atoms with Crippen molar-refractivity contribution in [3.05, 3.63) is 82.9 Å². The molecule has 3 heteroatoms. The van der Waals surface area contributed by atoms with Crippen LogP contribution in [0.3, 0.4) is 0 Å². The average molecular weight is 405 g/mol. The van der Waals surface area contributed by atoms with Crippen LogP contribution in [0.15, 0.2) is 48.5 Å². The van der Waals surface area contributed by atoms with Gasteiger partial charge in [-0.1, -0.05) is 75.9 Å². The molecule has 0 aromatic heterocycles. The topological polar surface area (TPSA) is 0 Å². The third-order valence-electron chi connectivity index (χ3n) is 4.53. The number of rotatable bonds is 0. The van der Waals surface area contributed by atoms with E-state index in [9.17, 15) is 0 Å². The van der Waals surface area contributed by atoms with Crippen molar-refractivity contribution in [1.29, 1.82) is 0 Å². The second kappa shape index (κ2) is 10.4. The van der Waals surface area contributed by atoms with Crippen LogP contribution in [0.4, 0.5) is 0 Å². The molecule has 25 heavy (non-hydrogen) atoms. The summed E-state index contributed by atoms with van der Waals surface area (Å²) in [6.45, 7) is 8.63. The van der Waals surface area contributed by atoms with E-state index in [1.807, 2.05) is 0 Å². The second-order valence-corrected chi connectivity index (χ2v) is 6.16. The van der Waals surface area contributed by atoms with Crippen LogP contribution in [0.5, 0.6) is 0 Å². The third-order valence-corrected chi connectivity index (χ3v) is 4.53. The summed E-state index contributed by atoms with van der Waals surface area (Å²) in [4.78, 5) is 0. The molecule has 0 aliphatic heterocycles. The Morgan fingerprint density at radius 1 is 0.640 bits per heavy atom. The Bertz CT molecular complexity index is 697. The van der Waals surface area contributed by atoms with Gasteiger partial charge in [-0.05, 0) is 0 Å². The Morgan fingerprint density at radius 3 is 1.28 bits per heavy atom. The van der Waals surface area contributed by atoms with Crippen molar-refractivity contribution in [3.63, 3.8) is 0 Å². The minimum absolute atomic E-state index is 0. The van der Waals surface area contributed by atoms with Crippen molar-refractivity contribution < 1.29 is 46.5 Å². The van der Waals surface area contributed by atoms with Crippen molar-refractivity contribution in [1.82, 2.24) is 0 Å². The Kier molecular flexibility index (Phi) is 10.1. The van der Waals surface area contributed by atoms with Gasteiger partial charge in [0, 0.05) is 0 Å². The minimum Gasteiger partial charge on any atom is -1.00 e. The van der Waals surface area contributed by atoms with E-state index in [-0.39, 0.29) is 46.5 Å². The van der Waals surface area contributed by atoms with Gasteiger partial charge in [0.05, 0.1) is 0 Å². The zero-order valence-corrected chi connectivity index (χ0v) is 18.1. The Balaban J connectivity index is 0.000000411. The molecule has 0 spiro atoms. The maximum atomic E-state index is 3.40. The van der Waals surface area contributed by atoms with E-state index < -0.39 is 0 Å². The first kappa shape index (κ1) is 24.2. The standard InChI is InChI=1S/2C11H11.2ClH.Ti/c2*1-8-7-9(2)11-6-4-3-5-10(8)11;;;/h2*3-6,8H,1-2H3;2*1H;/q2*-1;;;+4/p-2. The Labute approximate surface area is 179 Å². The zero-order valence-electron chi connectivity index (χ0n) is 15.0. The molecule has 0 nitrogen and oxygen atoms in total. The normalized spacial score (nSPS) is 18.7. The molecule has 0 radical (unpaired) electrons. The van der Waals surface area contributed by atoms with Crippen LogP contribution in [0, 0.1) is 12.2 Å². The number of halogens is 2. The van der Waals surface area contributed by atoms with Crippen LogP contribution in [-0.2, 0) is 21.7 Å². The SMILES string of the molecule is CC1=[C-]C(C)c2ccccc21.CC1=[C-]C(C)c2ccccc21.[Cl-].[Cl-].[Ti+4]. The van der Waals surface area contributed by atoms with Crippen LogP contribution >= 0.6 is 0 Å². The van der Waals surface area contributed by atoms with Gasteiger partial charge in [0.2, 0.25) is 0 Å². The number of benzene rings is 2. The van der Waals surface area contributed by atoms with Crippen molar-refractivity contribution in [2.45, 2.75) is 39.5 Å². The Hall–Kier alpha value is -0.786. The number of fused-ring (bicyclic) bond motifs is 2. The summed E-state index contributed by atoms with van der Waals surface area (Å²) in [6, 6.07) is 17.1. The van der Waals surface area contributed by atoms with Gasteiger partial charge < -0.3 is 24.8 Å². The number of allylic oxidation sites excluding steroid dienone is 4. The molecule has 128 valence electrons. The van der Waals surface area contributed by atoms with E-state index in [1.54, 1.807) is 0 Å². The van der Waals surface area contributed by atoms with E-state index >= 15 is 0 Å². The minimum atomic E-state index is 0. The monoisotopic (exact) mass is 404 g/mol. The molecule has 2 aromatic carbocycles. The molecule has 2 atom stereocenters. The van der Waals surface area contributed by atoms with Gasteiger partial charge in [-0.2, -0.15) is 11.1 Å². The van der Waals surface area contributed by atoms with Gasteiger partial charge >= 0.3 is 21.7 Å². The summed E-state index contributed by atoms with van der Waals surface area (Å²) in [6.07, 6.45) is 6.80. The van der Waals surface area contributed by atoms with E-state index in [1.165, 1.54) is 33.4 Å². The predicted molar refractivity (Wildman–Crippen MR) is 94.4 cm³/mol. The molecule has 2 unspecified atom stereocenters. The van der Waals surface area contributed by atoms with Crippen molar-refractivity contribution in [3.8, 4) is 0 Å². The van der Waals surface area contributed by atoms with Gasteiger partial charge in [-0.15, -0.1) is 23.3 Å². The van der Waals surface area contributed by atoms with Crippen molar-refractivity contribution in [2.75, 3.05) is 0 Å². The van der Waals surface area contributed by atoms with Crippen LogP contribution in [0.25, 0.3) is 11.1 Å². The predicted octanol–water partition coefficient (Wildman–Crippen LogP) is 0.0259. The van der Waals surface area contributed by atoms with E-state index in [2.05, 4.69) is 88.4 Å². The van der Waals surface area contributed by atoms with Gasteiger partial charge in [0.1, 0.15) is 0 Å². The molecule has 0 N–H and O–H groups in total. The largest absolute Gasteiger partial charge is 4.00 e. The average Bonchev–Trinajstić information content (AvgIpc) is 2.99. The molecule has 0 saturated heterocycles. The van der Waals surface area contributed by atoms with E-state index in [4.69, 9.17) is 0 Å². The molecule has 0 heterocycles. The fraction of sp³-hybridized carbons (Fsp3) is 0.273. The van der Waals surface area contributed by atoms with E-state index in [0.29, 0.717) is 11.8 Å². The van der Waals surface area contributed by atoms with Crippen LogP contribution < -0.4 is 24.8 Å². The molecule has 0 saturated carbocycles. The molecule has 0 amide bonds. The zero-order chi connectivity index (χ0) is 15.7. The summed E-state index contributed by atoms with van der Waals surface area (Å²) >= 11 is 0. The van der Waals surface area contributed by atoms with Gasteiger partial charge in [0.15, 0.2) is 0 Å².